The zero-order chi connectivity index (χ0) is 14.7. The van der Waals surface area contributed by atoms with Gasteiger partial charge in [-0.25, -0.2) is 0 Å². The summed E-state index contributed by atoms with van der Waals surface area (Å²) >= 11 is 11.8. The molecule has 110 valence electrons. The van der Waals surface area contributed by atoms with Crippen LogP contribution < -0.4 is 0 Å². The summed E-state index contributed by atoms with van der Waals surface area (Å²) in [4.78, 5) is 14.2. The number of halogens is 2. The zero-order valence-corrected chi connectivity index (χ0v) is 13.0. The first kappa shape index (κ1) is 15.6. The molecule has 0 bridgehead atoms. The third-order valence-corrected chi connectivity index (χ3v) is 4.70. The Bertz CT molecular complexity index is 493. The van der Waals surface area contributed by atoms with Crippen LogP contribution in [0.1, 0.15) is 25.3 Å². The summed E-state index contributed by atoms with van der Waals surface area (Å²) in [5, 5.41) is 10.4. The molecule has 1 heterocycles. The van der Waals surface area contributed by atoms with Crippen molar-refractivity contribution in [3.8, 4) is 0 Å². The molecule has 1 aliphatic heterocycles. The molecule has 1 saturated heterocycles. The highest BCUT2D eigenvalue weighted by atomic mass is 35.5. The maximum atomic E-state index is 12.4. The lowest BCUT2D eigenvalue weighted by Crippen LogP contribution is -2.50. The number of carbonyl (C=O) groups is 1. The molecule has 5 heteroatoms. The van der Waals surface area contributed by atoms with E-state index < -0.39 is 0 Å². The molecule has 1 aliphatic rings. The lowest BCUT2D eigenvalue weighted by Gasteiger charge is -2.39. The maximum absolute atomic E-state index is 12.4. The summed E-state index contributed by atoms with van der Waals surface area (Å²) in [5.74, 6) is 0.375. The first-order valence-electron chi connectivity index (χ1n) is 6.87. The third-order valence-electron chi connectivity index (χ3n) is 3.96. The first-order valence-corrected chi connectivity index (χ1v) is 7.62. The van der Waals surface area contributed by atoms with Crippen LogP contribution in [0.15, 0.2) is 18.2 Å². The maximum Gasteiger partial charge on any atom is 0.227 e. The van der Waals surface area contributed by atoms with E-state index in [2.05, 4.69) is 6.92 Å². The van der Waals surface area contributed by atoms with Gasteiger partial charge in [-0.3, -0.25) is 4.79 Å². The number of likely N-dealkylation sites (tertiary alicyclic amines) is 1. The molecule has 1 aromatic rings. The number of hydrogen-bond acceptors (Lipinski definition) is 2. The topological polar surface area (TPSA) is 40.5 Å². The third kappa shape index (κ3) is 3.46. The van der Waals surface area contributed by atoms with E-state index in [9.17, 15) is 9.90 Å². The summed E-state index contributed by atoms with van der Waals surface area (Å²) < 4.78 is 0. The molecule has 1 N–H and O–H groups in total. The summed E-state index contributed by atoms with van der Waals surface area (Å²) in [6, 6.07) is 5.17. The van der Waals surface area contributed by atoms with E-state index in [0.717, 1.165) is 24.9 Å². The fraction of sp³-hybridized carbons (Fsp3) is 0.533. The second kappa shape index (κ2) is 6.79. The Labute approximate surface area is 129 Å². The molecule has 20 heavy (non-hydrogen) atoms. The van der Waals surface area contributed by atoms with E-state index in [1.54, 1.807) is 17.0 Å². The molecule has 0 saturated carbocycles. The first-order chi connectivity index (χ1) is 9.52. The van der Waals surface area contributed by atoms with Crippen molar-refractivity contribution < 1.29 is 9.90 Å². The van der Waals surface area contributed by atoms with Crippen molar-refractivity contribution in [2.45, 2.75) is 32.2 Å². The molecular formula is C15H19Cl2NO2. The minimum atomic E-state index is -0.0703. The molecule has 0 unspecified atom stereocenters. The molecule has 3 nitrogen and oxygen atoms in total. The SMILES string of the molecule is C[C@@H]1CCCN(C(=O)Cc2ccc(Cl)c(Cl)c2)[C@@H]1CO. The van der Waals surface area contributed by atoms with Crippen molar-refractivity contribution >= 4 is 29.1 Å². The smallest absolute Gasteiger partial charge is 0.227 e. The summed E-state index contributed by atoms with van der Waals surface area (Å²) in [6.07, 6.45) is 2.34. The molecular weight excluding hydrogens is 297 g/mol. The summed E-state index contributed by atoms with van der Waals surface area (Å²) in [5.41, 5.74) is 0.847. The van der Waals surface area contributed by atoms with E-state index in [1.807, 2.05) is 6.07 Å². The highest BCUT2D eigenvalue weighted by molar-refractivity contribution is 6.42. The van der Waals surface area contributed by atoms with Gasteiger partial charge in [-0.05, 0) is 36.5 Å². The minimum absolute atomic E-state index is 0.0221. The fourth-order valence-corrected chi connectivity index (χ4v) is 3.08. The van der Waals surface area contributed by atoms with Gasteiger partial charge in [-0.2, -0.15) is 0 Å². The van der Waals surface area contributed by atoms with Gasteiger partial charge in [0.2, 0.25) is 5.91 Å². The Balaban J connectivity index is 2.08. The van der Waals surface area contributed by atoms with E-state index in [0.29, 0.717) is 22.4 Å². The number of carbonyl (C=O) groups excluding carboxylic acids is 1. The predicted molar refractivity (Wildman–Crippen MR) is 81.2 cm³/mol. The van der Waals surface area contributed by atoms with Crippen LogP contribution in [-0.2, 0) is 11.2 Å². The van der Waals surface area contributed by atoms with Crippen LogP contribution in [0.25, 0.3) is 0 Å². The number of rotatable bonds is 3. The largest absolute Gasteiger partial charge is 0.394 e. The number of hydrogen-bond donors (Lipinski definition) is 1. The van der Waals surface area contributed by atoms with Crippen molar-refractivity contribution in [3.63, 3.8) is 0 Å². The van der Waals surface area contributed by atoms with Gasteiger partial charge in [-0.1, -0.05) is 36.2 Å². The predicted octanol–water partition coefficient (Wildman–Crippen LogP) is 3.16. The molecule has 2 atom stereocenters. The minimum Gasteiger partial charge on any atom is -0.394 e. The van der Waals surface area contributed by atoms with Crippen molar-refractivity contribution in [3.05, 3.63) is 33.8 Å². The zero-order valence-electron chi connectivity index (χ0n) is 11.5. The molecule has 0 aromatic heterocycles. The van der Waals surface area contributed by atoms with Crippen LogP contribution in [0.3, 0.4) is 0 Å². The number of amides is 1. The molecule has 1 aromatic carbocycles. The molecule has 0 aliphatic carbocycles. The van der Waals surface area contributed by atoms with E-state index >= 15 is 0 Å². The van der Waals surface area contributed by atoms with Crippen LogP contribution in [0.4, 0.5) is 0 Å². The van der Waals surface area contributed by atoms with Gasteiger partial charge >= 0.3 is 0 Å². The van der Waals surface area contributed by atoms with Crippen LogP contribution >= 0.6 is 23.2 Å². The van der Waals surface area contributed by atoms with Crippen LogP contribution in [0, 0.1) is 5.92 Å². The average molecular weight is 316 g/mol. The van der Waals surface area contributed by atoms with Crippen molar-refractivity contribution in [1.29, 1.82) is 0 Å². The molecule has 0 spiro atoms. The number of nitrogens with zero attached hydrogens (tertiary/aromatic N) is 1. The quantitative estimate of drug-likeness (QED) is 0.930. The Kier molecular flexibility index (Phi) is 5.30. The Morgan fingerprint density at radius 3 is 2.80 bits per heavy atom. The Morgan fingerprint density at radius 2 is 2.15 bits per heavy atom. The van der Waals surface area contributed by atoms with Crippen molar-refractivity contribution in [2.24, 2.45) is 5.92 Å². The number of aliphatic hydroxyl groups excluding tert-OH is 1. The van der Waals surface area contributed by atoms with Gasteiger partial charge in [0, 0.05) is 6.54 Å². The summed E-state index contributed by atoms with van der Waals surface area (Å²) in [6.45, 7) is 2.82. The number of aliphatic hydroxyl groups is 1. The second-order valence-corrected chi connectivity index (χ2v) is 6.20. The standard InChI is InChI=1S/C15H19Cl2NO2/c1-10-3-2-6-18(14(10)9-19)15(20)8-11-4-5-12(16)13(17)7-11/h4-5,7,10,14,19H,2-3,6,8-9H2,1H3/t10-,14-/m1/s1. The molecule has 1 fully saturated rings. The Morgan fingerprint density at radius 1 is 1.40 bits per heavy atom. The number of benzene rings is 1. The van der Waals surface area contributed by atoms with Gasteiger partial charge in [0.1, 0.15) is 0 Å². The normalized spacial score (nSPS) is 22.9. The molecule has 2 rings (SSSR count). The number of piperidine rings is 1. The van der Waals surface area contributed by atoms with Gasteiger partial charge in [0.15, 0.2) is 0 Å². The van der Waals surface area contributed by atoms with E-state index in [-0.39, 0.29) is 18.6 Å². The second-order valence-electron chi connectivity index (χ2n) is 5.38. The van der Waals surface area contributed by atoms with Crippen LogP contribution in [0.2, 0.25) is 10.0 Å². The summed E-state index contributed by atoms with van der Waals surface area (Å²) in [7, 11) is 0. The van der Waals surface area contributed by atoms with Gasteiger partial charge in [-0.15, -0.1) is 0 Å². The highest BCUT2D eigenvalue weighted by Crippen LogP contribution is 2.26. The molecule has 1 amide bonds. The molecule has 0 radical (unpaired) electrons. The van der Waals surface area contributed by atoms with Crippen molar-refractivity contribution in [1.82, 2.24) is 4.90 Å². The van der Waals surface area contributed by atoms with Gasteiger partial charge in [0.25, 0.3) is 0 Å². The van der Waals surface area contributed by atoms with Crippen LogP contribution in [0.5, 0.6) is 0 Å². The van der Waals surface area contributed by atoms with E-state index in [4.69, 9.17) is 23.2 Å². The Hall–Kier alpha value is -0.770. The van der Waals surface area contributed by atoms with Crippen LogP contribution in [-0.4, -0.2) is 35.1 Å². The van der Waals surface area contributed by atoms with Gasteiger partial charge in [0.05, 0.1) is 29.1 Å². The van der Waals surface area contributed by atoms with Gasteiger partial charge < -0.3 is 10.0 Å². The van der Waals surface area contributed by atoms with E-state index in [1.165, 1.54) is 0 Å². The highest BCUT2D eigenvalue weighted by Gasteiger charge is 2.31. The fourth-order valence-electron chi connectivity index (χ4n) is 2.76. The lowest BCUT2D eigenvalue weighted by molar-refractivity contribution is -0.136. The average Bonchev–Trinajstić information content (AvgIpc) is 2.42. The monoisotopic (exact) mass is 315 g/mol. The lowest BCUT2D eigenvalue weighted by atomic mass is 9.91. The van der Waals surface area contributed by atoms with Crippen molar-refractivity contribution in [2.75, 3.05) is 13.2 Å².